The number of sulfone groups is 1. The lowest BCUT2D eigenvalue weighted by atomic mass is 10.1. The first-order valence-electron chi connectivity index (χ1n) is 10.3. The van der Waals surface area contributed by atoms with Crippen LogP contribution in [0.5, 0.6) is 0 Å². The van der Waals surface area contributed by atoms with Crippen molar-refractivity contribution in [3.63, 3.8) is 0 Å². The second-order valence-corrected chi connectivity index (χ2v) is 11.5. The van der Waals surface area contributed by atoms with Crippen molar-refractivity contribution in [1.29, 1.82) is 0 Å². The van der Waals surface area contributed by atoms with Gasteiger partial charge in [-0.25, -0.2) is 16.8 Å². The van der Waals surface area contributed by atoms with Gasteiger partial charge in [0.05, 0.1) is 14.7 Å². The predicted molar refractivity (Wildman–Crippen MR) is 130 cm³/mol. The fourth-order valence-corrected chi connectivity index (χ4v) is 5.66. The molecule has 0 aliphatic rings. The number of benzene rings is 4. The van der Waals surface area contributed by atoms with Gasteiger partial charge >= 0.3 is 0 Å². The minimum Gasteiger partial charge on any atom is -0.280 e. The van der Waals surface area contributed by atoms with Gasteiger partial charge in [0.1, 0.15) is 0 Å². The van der Waals surface area contributed by atoms with E-state index in [4.69, 9.17) is 0 Å². The second-order valence-electron chi connectivity index (χ2n) is 7.84. The van der Waals surface area contributed by atoms with E-state index in [0.717, 1.165) is 22.3 Å². The van der Waals surface area contributed by atoms with Gasteiger partial charge in [0.2, 0.25) is 9.84 Å². The molecule has 0 heterocycles. The van der Waals surface area contributed by atoms with Crippen LogP contribution in [0, 0.1) is 13.8 Å². The highest BCUT2D eigenvalue weighted by atomic mass is 32.2. The Labute approximate surface area is 194 Å². The third-order valence-corrected chi connectivity index (χ3v) is 8.48. The lowest BCUT2D eigenvalue weighted by Crippen LogP contribution is -2.12. The molecule has 0 aliphatic carbocycles. The number of aryl methyl sites for hydroxylation is 2. The quantitative estimate of drug-likeness (QED) is 0.392. The number of rotatable bonds is 6. The lowest BCUT2D eigenvalue weighted by molar-refractivity contribution is 0.595. The molecule has 0 aromatic heterocycles. The van der Waals surface area contributed by atoms with E-state index < -0.39 is 19.9 Å². The van der Waals surface area contributed by atoms with Gasteiger partial charge in [-0.15, -0.1) is 0 Å². The molecular weight excluding hydrogens is 454 g/mol. The highest BCUT2D eigenvalue weighted by molar-refractivity contribution is 7.92. The fourth-order valence-electron chi connectivity index (χ4n) is 3.34. The van der Waals surface area contributed by atoms with Gasteiger partial charge < -0.3 is 0 Å². The van der Waals surface area contributed by atoms with Gasteiger partial charge in [-0.1, -0.05) is 59.7 Å². The van der Waals surface area contributed by atoms with Crippen molar-refractivity contribution in [2.24, 2.45) is 0 Å². The normalized spacial score (nSPS) is 11.8. The molecule has 0 fully saturated rings. The van der Waals surface area contributed by atoms with Crippen LogP contribution in [0.4, 0.5) is 5.69 Å². The molecule has 7 heteroatoms. The SMILES string of the molecule is Cc1ccc(NS(=O)(=O)c2ccc(-c3ccc(S(=O)(=O)c4ccc(C)cc4)cc3)cc2)cc1. The van der Waals surface area contributed by atoms with Crippen LogP contribution >= 0.6 is 0 Å². The Morgan fingerprint density at radius 1 is 0.485 bits per heavy atom. The van der Waals surface area contributed by atoms with E-state index in [9.17, 15) is 16.8 Å². The van der Waals surface area contributed by atoms with Crippen LogP contribution in [0.15, 0.2) is 112 Å². The number of nitrogens with one attached hydrogen (secondary N) is 1. The summed E-state index contributed by atoms with van der Waals surface area (Å²) < 4.78 is 53.6. The van der Waals surface area contributed by atoms with Gasteiger partial charge in [-0.3, -0.25) is 4.72 Å². The van der Waals surface area contributed by atoms with Gasteiger partial charge in [-0.05, 0) is 73.5 Å². The average molecular weight is 478 g/mol. The van der Waals surface area contributed by atoms with Crippen LogP contribution in [0.25, 0.3) is 11.1 Å². The second kappa shape index (κ2) is 8.84. The Morgan fingerprint density at radius 3 is 1.30 bits per heavy atom. The molecule has 4 rings (SSSR count). The molecule has 0 bridgehead atoms. The largest absolute Gasteiger partial charge is 0.280 e. The van der Waals surface area contributed by atoms with Crippen LogP contribution in [0.3, 0.4) is 0 Å². The van der Waals surface area contributed by atoms with E-state index in [2.05, 4.69) is 4.72 Å². The van der Waals surface area contributed by atoms with Gasteiger partial charge in [0.25, 0.3) is 10.0 Å². The molecule has 0 aliphatic heterocycles. The summed E-state index contributed by atoms with van der Waals surface area (Å²) in [7, 11) is -7.32. The Bertz CT molecular complexity index is 1470. The molecule has 0 atom stereocenters. The Morgan fingerprint density at radius 2 is 0.848 bits per heavy atom. The molecule has 0 radical (unpaired) electrons. The van der Waals surface area contributed by atoms with Crippen molar-refractivity contribution in [3.05, 3.63) is 108 Å². The molecule has 33 heavy (non-hydrogen) atoms. The Kier molecular flexibility index (Phi) is 6.10. The van der Waals surface area contributed by atoms with Gasteiger partial charge in [-0.2, -0.15) is 0 Å². The molecular formula is C26H23NO4S2. The summed E-state index contributed by atoms with van der Waals surface area (Å²) in [5.74, 6) is 0. The summed E-state index contributed by atoms with van der Waals surface area (Å²) in [6.07, 6.45) is 0. The first-order valence-corrected chi connectivity index (χ1v) is 13.2. The fraction of sp³-hybridized carbons (Fsp3) is 0.0769. The standard InChI is InChI=1S/C26H23NO4S2/c1-19-3-11-23(12-4-19)27-33(30,31)26-17-9-22(10-18-26)21-7-15-25(16-8-21)32(28,29)24-13-5-20(2)6-14-24/h3-18,27H,1-2H3. The van der Waals surface area contributed by atoms with E-state index in [0.29, 0.717) is 5.69 Å². The van der Waals surface area contributed by atoms with Crippen molar-refractivity contribution >= 4 is 25.5 Å². The van der Waals surface area contributed by atoms with E-state index in [1.54, 1.807) is 72.8 Å². The number of hydrogen-bond acceptors (Lipinski definition) is 4. The number of sulfonamides is 1. The zero-order valence-electron chi connectivity index (χ0n) is 18.2. The molecule has 0 saturated carbocycles. The highest BCUT2D eigenvalue weighted by Crippen LogP contribution is 2.26. The van der Waals surface area contributed by atoms with Crippen molar-refractivity contribution in [2.45, 2.75) is 28.5 Å². The van der Waals surface area contributed by atoms with E-state index in [1.807, 2.05) is 26.0 Å². The van der Waals surface area contributed by atoms with Crippen LogP contribution in [0.1, 0.15) is 11.1 Å². The minimum absolute atomic E-state index is 0.144. The van der Waals surface area contributed by atoms with E-state index in [1.165, 1.54) is 12.1 Å². The maximum atomic E-state index is 12.8. The molecule has 168 valence electrons. The third-order valence-electron chi connectivity index (χ3n) is 5.30. The maximum absolute atomic E-state index is 12.8. The molecule has 0 saturated heterocycles. The van der Waals surface area contributed by atoms with E-state index in [-0.39, 0.29) is 14.7 Å². The Balaban J connectivity index is 1.54. The summed E-state index contributed by atoms with van der Waals surface area (Å²) in [5.41, 5.74) is 4.09. The molecule has 4 aromatic carbocycles. The zero-order valence-corrected chi connectivity index (χ0v) is 19.8. The molecule has 5 nitrogen and oxygen atoms in total. The van der Waals surface area contributed by atoms with Crippen LogP contribution in [-0.4, -0.2) is 16.8 Å². The monoisotopic (exact) mass is 477 g/mol. The minimum atomic E-state index is -3.71. The molecule has 4 aromatic rings. The molecule has 0 amide bonds. The lowest BCUT2D eigenvalue weighted by Gasteiger charge is -2.10. The third kappa shape index (κ3) is 4.99. The topological polar surface area (TPSA) is 80.3 Å². The maximum Gasteiger partial charge on any atom is 0.261 e. The van der Waals surface area contributed by atoms with Crippen molar-refractivity contribution in [2.75, 3.05) is 4.72 Å². The summed E-state index contributed by atoms with van der Waals surface area (Å²) in [6, 6.07) is 26.9. The van der Waals surface area contributed by atoms with Crippen LogP contribution < -0.4 is 4.72 Å². The van der Waals surface area contributed by atoms with Gasteiger partial charge in [0, 0.05) is 5.69 Å². The van der Waals surface area contributed by atoms with Gasteiger partial charge in [0.15, 0.2) is 0 Å². The van der Waals surface area contributed by atoms with Crippen molar-refractivity contribution < 1.29 is 16.8 Å². The highest BCUT2D eigenvalue weighted by Gasteiger charge is 2.18. The summed E-state index contributed by atoms with van der Waals surface area (Å²) in [5, 5.41) is 0. The van der Waals surface area contributed by atoms with Crippen molar-refractivity contribution in [1.82, 2.24) is 0 Å². The van der Waals surface area contributed by atoms with E-state index >= 15 is 0 Å². The zero-order chi connectivity index (χ0) is 23.6. The average Bonchev–Trinajstić information content (AvgIpc) is 2.81. The number of anilines is 1. The number of hydrogen-bond donors (Lipinski definition) is 1. The molecule has 0 spiro atoms. The summed E-state index contributed by atoms with van der Waals surface area (Å²) >= 11 is 0. The smallest absolute Gasteiger partial charge is 0.261 e. The van der Waals surface area contributed by atoms with Crippen LogP contribution in [-0.2, 0) is 19.9 Å². The molecule has 0 unspecified atom stereocenters. The summed E-state index contributed by atoms with van der Waals surface area (Å²) in [4.78, 5) is 0.596. The Hall–Kier alpha value is -3.42. The summed E-state index contributed by atoms with van der Waals surface area (Å²) in [6.45, 7) is 3.84. The van der Waals surface area contributed by atoms with Crippen LogP contribution in [0.2, 0.25) is 0 Å². The van der Waals surface area contributed by atoms with Crippen molar-refractivity contribution in [3.8, 4) is 11.1 Å². The predicted octanol–water partition coefficient (Wildman–Crippen LogP) is 5.60. The molecule has 1 N–H and O–H groups in total. The first kappa shape index (κ1) is 22.8. The first-order chi connectivity index (χ1) is 15.6.